The molecule has 1 unspecified atom stereocenters. The van der Waals surface area contributed by atoms with Crippen molar-refractivity contribution in [1.82, 2.24) is 0 Å². The molecule has 3 N–H and O–H groups in total. The number of carboxylic acids is 1. The maximum Gasteiger partial charge on any atom is 0.337 e. The van der Waals surface area contributed by atoms with Crippen LogP contribution < -0.4 is 0 Å². The Balaban J connectivity index is 3.35. The van der Waals surface area contributed by atoms with Gasteiger partial charge < -0.3 is 15.3 Å². The fourth-order valence-electron chi connectivity index (χ4n) is 1.12. The number of sulfone groups is 1. The molecule has 0 aliphatic rings. The molecule has 7 heteroatoms. The fourth-order valence-corrected chi connectivity index (χ4v) is 1.77. The number of carboxylic acid groups (broad SMARTS) is 1. The Labute approximate surface area is 91.7 Å². The summed E-state index contributed by atoms with van der Waals surface area (Å²) in [5, 5.41) is 27.1. The Bertz CT molecular complexity index is 519. The number of aliphatic hydroxyl groups excluding tert-OH is 1. The molecule has 0 amide bonds. The summed E-state index contributed by atoms with van der Waals surface area (Å²) in [6.07, 6.45) is -1.02. The molecule has 0 aromatic heterocycles. The number of rotatable bonds is 3. The monoisotopic (exact) mass is 246 g/mol. The molecule has 0 saturated heterocycles. The first-order chi connectivity index (χ1) is 7.23. The summed E-state index contributed by atoms with van der Waals surface area (Å²) in [4.78, 5) is 10.3. The Morgan fingerprint density at radius 3 is 2.38 bits per heavy atom. The first-order valence-electron chi connectivity index (χ1n) is 4.17. The van der Waals surface area contributed by atoms with E-state index < -0.39 is 27.7 Å². The van der Waals surface area contributed by atoms with Crippen molar-refractivity contribution >= 4 is 15.8 Å². The number of hydrogen-bond donors (Lipinski definition) is 3. The van der Waals surface area contributed by atoms with E-state index in [4.69, 9.17) is 5.11 Å². The number of carbonyl (C=O) groups is 1. The van der Waals surface area contributed by atoms with Gasteiger partial charge >= 0.3 is 5.97 Å². The lowest BCUT2D eigenvalue weighted by Crippen LogP contribution is -2.11. The van der Waals surface area contributed by atoms with Crippen LogP contribution in [0.2, 0.25) is 0 Å². The average molecular weight is 246 g/mol. The quantitative estimate of drug-likeness (QED) is 0.687. The van der Waals surface area contributed by atoms with Crippen LogP contribution in [0.3, 0.4) is 0 Å². The van der Waals surface area contributed by atoms with Gasteiger partial charge in [0.25, 0.3) is 0 Å². The minimum Gasteiger partial charge on any atom is -0.508 e. The zero-order valence-corrected chi connectivity index (χ0v) is 9.10. The SMILES string of the molecule is CS(=O)(=O)c1ccc(O)c(C(O)C(=O)O)c1. The molecule has 0 aliphatic carbocycles. The first kappa shape index (κ1) is 12.5. The second-order valence-electron chi connectivity index (χ2n) is 3.23. The third-order valence-corrected chi connectivity index (χ3v) is 3.07. The molecule has 1 aromatic carbocycles. The van der Waals surface area contributed by atoms with Gasteiger partial charge in [-0.15, -0.1) is 0 Å². The second kappa shape index (κ2) is 4.11. The van der Waals surface area contributed by atoms with Gasteiger partial charge in [-0.3, -0.25) is 0 Å². The van der Waals surface area contributed by atoms with Crippen LogP contribution in [-0.4, -0.2) is 36.0 Å². The Morgan fingerprint density at radius 2 is 1.94 bits per heavy atom. The maximum atomic E-state index is 11.2. The van der Waals surface area contributed by atoms with Crippen LogP contribution in [0.25, 0.3) is 0 Å². The Kier molecular flexibility index (Phi) is 3.20. The van der Waals surface area contributed by atoms with E-state index in [1.807, 2.05) is 0 Å². The van der Waals surface area contributed by atoms with E-state index in [1.54, 1.807) is 0 Å². The van der Waals surface area contributed by atoms with Crippen molar-refractivity contribution in [3.05, 3.63) is 23.8 Å². The van der Waals surface area contributed by atoms with Crippen molar-refractivity contribution < 1.29 is 28.5 Å². The topological polar surface area (TPSA) is 112 Å². The van der Waals surface area contributed by atoms with Crippen molar-refractivity contribution in [2.45, 2.75) is 11.0 Å². The smallest absolute Gasteiger partial charge is 0.337 e. The minimum absolute atomic E-state index is 0.166. The molecule has 1 aromatic rings. The third kappa shape index (κ3) is 2.50. The molecule has 0 bridgehead atoms. The van der Waals surface area contributed by atoms with Crippen LogP contribution in [0.5, 0.6) is 5.75 Å². The molecule has 1 rings (SSSR count). The van der Waals surface area contributed by atoms with Gasteiger partial charge in [0.05, 0.1) is 4.90 Å². The summed E-state index contributed by atoms with van der Waals surface area (Å²) in [6.45, 7) is 0. The number of phenolic OH excluding ortho intramolecular Hbond substituents is 1. The van der Waals surface area contributed by atoms with Crippen LogP contribution >= 0.6 is 0 Å². The van der Waals surface area contributed by atoms with Crippen LogP contribution in [0, 0.1) is 0 Å². The summed E-state index contributed by atoms with van der Waals surface area (Å²) in [5.41, 5.74) is -0.351. The lowest BCUT2D eigenvalue weighted by Gasteiger charge is -2.09. The number of phenols is 1. The number of benzene rings is 1. The van der Waals surface area contributed by atoms with Crippen LogP contribution in [0.15, 0.2) is 23.1 Å². The van der Waals surface area contributed by atoms with E-state index >= 15 is 0 Å². The zero-order chi connectivity index (χ0) is 12.5. The predicted molar refractivity (Wildman–Crippen MR) is 53.8 cm³/mol. The average Bonchev–Trinajstić information content (AvgIpc) is 2.15. The predicted octanol–water partition coefficient (Wildman–Crippen LogP) is -0.0863. The molecule has 0 fully saturated rings. The van der Waals surface area contributed by atoms with E-state index in [0.29, 0.717) is 0 Å². The van der Waals surface area contributed by atoms with Gasteiger partial charge in [-0.2, -0.15) is 0 Å². The second-order valence-corrected chi connectivity index (χ2v) is 5.25. The normalized spacial score (nSPS) is 13.4. The van der Waals surface area contributed by atoms with Crippen molar-refractivity contribution in [1.29, 1.82) is 0 Å². The van der Waals surface area contributed by atoms with Crippen molar-refractivity contribution in [2.24, 2.45) is 0 Å². The largest absolute Gasteiger partial charge is 0.508 e. The Morgan fingerprint density at radius 1 is 1.38 bits per heavy atom. The summed E-state index contributed by atoms with van der Waals surface area (Å²) in [6, 6.07) is 3.09. The van der Waals surface area contributed by atoms with Crippen LogP contribution in [-0.2, 0) is 14.6 Å². The fraction of sp³-hybridized carbons (Fsp3) is 0.222. The summed E-state index contributed by atoms with van der Waals surface area (Å²) in [7, 11) is -3.52. The lowest BCUT2D eigenvalue weighted by atomic mass is 10.1. The Hall–Kier alpha value is -1.60. The molecule has 6 nitrogen and oxygen atoms in total. The molecule has 88 valence electrons. The number of hydrogen-bond acceptors (Lipinski definition) is 5. The minimum atomic E-state index is -3.52. The molecule has 1 atom stereocenters. The standard InChI is InChI=1S/C9H10O6S/c1-16(14,15)5-2-3-7(10)6(4-5)8(11)9(12)13/h2-4,8,10-11H,1H3,(H,12,13). The highest BCUT2D eigenvalue weighted by atomic mass is 32.2. The lowest BCUT2D eigenvalue weighted by molar-refractivity contribution is -0.147. The van der Waals surface area contributed by atoms with Gasteiger partial charge in [-0.1, -0.05) is 0 Å². The van der Waals surface area contributed by atoms with Crippen LogP contribution in [0.1, 0.15) is 11.7 Å². The highest BCUT2D eigenvalue weighted by Crippen LogP contribution is 2.27. The van der Waals surface area contributed by atoms with Gasteiger partial charge in [-0.05, 0) is 18.2 Å². The molecule has 0 saturated carbocycles. The highest BCUT2D eigenvalue weighted by molar-refractivity contribution is 7.90. The summed E-state index contributed by atoms with van der Waals surface area (Å²) < 4.78 is 22.4. The zero-order valence-electron chi connectivity index (χ0n) is 8.28. The van der Waals surface area contributed by atoms with Crippen molar-refractivity contribution in [3.63, 3.8) is 0 Å². The molecular weight excluding hydrogens is 236 g/mol. The van der Waals surface area contributed by atoms with Gasteiger partial charge in [0.2, 0.25) is 0 Å². The number of aromatic hydroxyl groups is 1. The van der Waals surface area contributed by atoms with E-state index in [9.17, 15) is 23.4 Å². The van der Waals surface area contributed by atoms with Crippen LogP contribution in [0.4, 0.5) is 0 Å². The highest BCUT2D eigenvalue weighted by Gasteiger charge is 2.21. The molecule has 0 aliphatic heterocycles. The van der Waals surface area contributed by atoms with Crippen molar-refractivity contribution in [2.75, 3.05) is 6.26 Å². The third-order valence-electron chi connectivity index (χ3n) is 1.96. The van der Waals surface area contributed by atoms with E-state index in [0.717, 1.165) is 24.5 Å². The summed E-state index contributed by atoms with van der Waals surface area (Å²) >= 11 is 0. The molecule has 0 spiro atoms. The van der Waals surface area contributed by atoms with E-state index in [1.165, 1.54) is 0 Å². The van der Waals surface area contributed by atoms with Gasteiger partial charge in [0.1, 0.15) is 5.75 Å². The molecular formula is C9H10O6S. The van der Waals surface area contributed by atoms with Gasteiger partial charge in [0.15, 0.2) is 15.9 Å². The van der Waals surface area contributed by atoms with Crippen molar-refractivity contribution in [3.8, 4) is 5.75 Å². The van der Waals surface area contributed by atoms with Gasteiger partial charge in [0, 0.05) is 11.8 Å². The number of aliphatic hydroxyl groups is 1. The molecule has 16 heavy (non-hydrogen) atoms. The van der Waals surface area contributed by atoms with Gasteiger partial charge in [-0.25, -0.2) is 13.2 Å². The van der Waals surface area contributed by atoms with E-state index in [-0.39, 0.29) is 10.5 Å². The maximum absolute atomic E-state index is 11.2. The summed E-state index contributed by atoms with van der Waals surface area (Å²) in [5.74, 6) is -2.04. The first-order valence-corrected chi connectivity index (χ1v) is 6.06. The molecule has 0 radical (unpaired) electrons. The molecule has 0 heterocycles. The van der Waals surface area contributed by atoms with E-state index in [2.05, 4.69) is 0 Å². The number of aliphatic carboxylic acids is 1.